The summed E-state index contributed by atoms with van der Waals surface area (Å²) in [4.78, 5) is 11.3. The lowest BCUT2D eigenvalue weighted by Gasteiger charge is -2.13. The third-order valence-corrected chi connectivity index (χ3v) is 3.29. The van der Waals surface area contributed by atoms with Crippen LogP contribution in [0.2, 0.25) is 0 Å². The summed E-state index contributed by atoms with van der Waals surface area (Å²) in [6.45, 7) is 5.30. The van der Waals surface area contributed by atoms with Gasteiger partial charge in [0.25, 0.3) is 0 Å². The molecule has 2 rings (SSSR count). The van der Waals surface area contributed by atoms with Gasteiger partial charge >= 0.3 is 5.97 Å². The summed E-state index contributed by atoms with van der Waals surface area (Å²) < 4.78 is 10.8. The Hall–Kier alpha value is -2.69. The van der Waals surface area contributed by atoms with Crippen molar-refractivity contribution in [3.8, 4) is 22.8 Å². The van der Waals surface area contributed by atoms with Crippen molar-refractivity contribution in [2.45, 2.75) is 33.3 Å². The zero-order valence-corrected chi connectivity index (χ0v) is 13.4. The topological polar surface area (TPSA) is 79.9 Å². The molecule has 0 aliphatic rings. The Labute approximate surface area is 134 Å². The summed E-state index contributed by atoms with van der Waals surface area (Å²) >= 11 is 0. The van der Waals surface area contributed by atoms with Gasteiger partial charge in [0.2, 0.25) is 0 Å². The first kappa shape index (κ1) is 16.7. The maximum Gasteiger partial charge on any atom is 0.303 e. The molecule has 5 heteroatoms. The number of hydrogen-bond donors (Lipinski definition) is 2. The van der Waals surface area contributed by atoms with Crippen LogP contribution >= 0.6 is 0 Å². The van der Waals surface area contributed by atoms with E-state index in [1.807, 2.05) is 19.9 Å². The van der Waals surface area contributed by atoms with E-state index in [2.05, 4.69) is 0 Å². The molecule has 5 nitrogen and oxygen atoms in total. The van der Waals surface area contributed by atoms with Gasteiger partial charge in [0.05, 0.1) is 11.8 Å². The average Bonchev–Trinajstić information content (AvgIpc) is 2.95. The van der Waals surface area contributed by atoms with Crippen LogP contribution in [0.15, 0.2) is 46.6 Å². The van der Waals surface area contributed by atoms with Crippen LogP contribution in [-0.2, 0) is 9.53 Å². The van der Waals surface area contributed by atoms with Gasteiger partial charge in [0, 0.05) is 18.9 Å². The van der Waals surface area contributed by atoms with Crippen molar-refractivity contribution < 1.29 is 24.2 Å². The predicted octanol–water partition coefficient (Wildman–Crippen LogP) is 4.32. The zero-order chi connectivity index (χ0) is 17.0. The highest BCUT2D eigenvalue weighted by atomic mass is 16.5. The Balaban J connectivity index is 2.32. The smallest absolute Gasteiger partial charge is 0.303 e. The van der Waals surface area contributed by atoms with E-state index in [9.17, 15) is 15.0 Å². The van der Waals surface area contributed by atoms with Gasteiger partial charge in [-0.15, -0.1) is 0 Å². The van der Waals surface area contributed by atoms with Crippen LogP contribution in [0.25, 0.3) is 11.3 Å². The van der Waals surface area contributed by atoms with E-state index in [0.29, 0.717) is 23.3 Å². The first-order valence-electron chi connectivity index (χ1n) is 7.28. The molecule has 122 valence electrons. The number of carbonyl (C=O) groups is 1. The number of phenols is 2. The van der Waals surface area contributed by atoms with E-state index in [1.54, 1.807) is 6.07 Å². The van der Waals surface area contributed by atoms with Gasteiger partial charge in [-0.3, -0.25) is 4.79 Å². The quantitative estimate of drug-likeness (QED) is 0.488. The molecular formula is C18H20O5. The maximum absolute atomic E-state index is 11.3. The van der Waals surface area contributed by atoms with Gasteiger partial charge < -0.3 is 19.4 Å². The molecule has 0 saturated carbocycles. The van der Waals surface area contributed by atoms with Crippen LogP contribution in [0.1, 0.15) is 38.9 Å². The molecule has 0 aliphatic carbocycles. The van der Waals surface area contributed by atoms with Crippen molar-refractivity contribution in [2.24, 2.45) is 0 Å². The van der Waals surface area contributed by atoms with E-state index >= 15 is 0 Å². The molecule has 1 atom stereocenters. The first-order valence-corrected chi connectivity index (χ1v) is 7.28. The second kappa shape index (κ2) is 7.05. The van der Waals surface area contributed by atoms with Crippen LogP contribution in [0.3, 0.4) is 0 Å². The van der Waals surface area contributed by atoms with Gasteiger partial charge in [-0.25, -0.2) is 0 Å². The molecule has 1 aromatic carbocycles. The number of furan rings is 1. The lowest BCUT2D eigenvalue weighted by Crippen LogP contribution is -2.07. The fourth-order valence-corrected chi connectivity index (χ4v) is 2.18. The molecular weight excluding hydrogens is 296 g/mol. The minimum atomic E-state index is -0.459. The molecule has 0 radical (unpaired) electrons. The van der Waals surface area contributed by atoms with Gasteiger partial charge in [0.15, 0.2) is 0 Å². The van der Waals surface area contributed by atoms with Crippen LogP contribution in [0, 0.1) is 0 Å². The van der Waals surface area contributed by atoms with Crippen LogP contribution in [0.4, 0.5) is 0 Å². The molecule has 0 saturated heterocycles. The summed E-state index contributed by atoms with van der Waals surface area (Å²) in [5.74, 6) is 0.0386. The fraction of sp³-hybridized carbons (Fsp3) is 0.278. The highest BCUT2D eigenvalue weighted by Crippen LogP contribution is 2.35. The summed E-state index contributed by atoms with van der Waals surface area (Å²) in [5.41, 5.74) is 2.19. The number of phenolic OH excluding ortho intramolecular Hbond substituents is 2. The normalized spacial score (nSPS) is 11.8. The lowest BCUT2D eigenvalue weighted by atomic mass is 10.1. The molecule has 2 N–H and O–H groups in total. The van der Waals surface area contributed by atoms with Gasteiger partial charge in [-0.1, -0.05) is 11.6 Å². The average molecular weight is 316 g/mol. The molecule has 1 aromatic heterocycles. The molecule has 1 heterocycles. The number of esters is 1. The van der Waals surface area contributed by atoms with Crippen molar-refractivity contribution in [3.63, 3.8) is 0 Å². The number of benzene rings is 1. The number of aromatic hydroxyl groups is 2. The fourth-order valence-electron chi connectivity index (χ4n) is 2.18. The Bertz CT molecular complexity index is 723. The summed E-state index contributed by atoms with van der Waals surface area (Å²) in [6.07, 6.45) is 3.55. The van der Waals surface area contributed by atoms with Gasteiger partial charge in [0.1, 0.15) is 23.4 Å². The molecule has 2 aromatic rings. The van der Waals surface area contributed by atoms with E-state index in [4.69, 9.17) is 9.15 Å². The van der Waals surface area contributed by atoms with Crippen molar-refractivity contribution >= 4 is 5.97 Å². The van der Waals surface area contributed by atoms with Crippen molar-refractivity contribution in [3.05, 3.63) is 47.7 Å². The Morgan fingerprint density at radius 2 is 2.00 bits per heavy atom. The van der Waals surface area contributed by atoms with Crippen molar-refractivity contribution in [2.75, 3.05) is 0 Å². The Kier molecular flexibility index (Phi) is 5.11. The minimum Gasteiger partial charge on any atom is -0.508 e. The first-order chi connectivity index (χ1) is 10.9. The van der Waals surface area contributed by atoms with E-state index in [1.165, 1.54) is 31.4 Å². The molecule has 1 unspecified atom stereocenters. The summed E-state index contributed by atoms with van der Waals surface area (Å²) in [7, 11) is 0. The Morgan fingerprint density at radius 1 is 1.26 bits per heavy atom. The zero-order valence-electron chi connectivity index (χ0n) is 13.4. The number of rotatable bonds is 5. The number of ether oxygens (including phenoxy) is 1. The SMILES string of the molecule is CC(=O)OC(CC=C(C)C)c1coc(-c2cc(O)ccc2O)c1. The van der Waals surface area contributed by atoms with Crippen molar-refractivity contribution in [1.29, 1.82) is 0 Å². The number of hydrogen-bond acceptors (Lipinski definition) is 5. The van der Waals surface area contributed by atoms with Crippen LogP contribution in [-0.4, -0.2) is 16.2 Å². The molecule has 0 fully saturated rings. The third kappa shape index (κ3) is 4.39. The largest absolute Gasteiger partial charge is 0.508 e. The van der Waals surface area contributed by atoms with Crippen LogP contribution < -0.4 is 0 Å². The predicted molar refractivity (Wildman–Crippen MR) is 86.0 cm³/mol. The monoisotopic (exact) mass is 316 g/mol. The molecule has 0 amide bonds. The highest BCUT2D eigenvalue weighted by Gasteiger charge is 2.18. The number of carbonyl (C=O) groups excluding carboxylic acids is 1. The molecule has 0 aliphatic heterocycles. The molecule has 23 heavy (non-hydrogen) atoms. The summed E-state index contributed by atoms with van der Waals surface area (Å²) in [5, 5.41) is 19.4. The van der Waals surface area contributed by atoms with Crippen LogP contribution in [0.5, 0.6) is 11.5 Å². The standard InChI is InChI=1S/C18H20O5/c1-11(2)4-7-17(23-12(3)19)13-8-18(22-10-13)15-9-14(20)5-6-16(15)21/h4-6,8-10,17,20-21H,7H2,1-3H3. The van der Waals surface area contributed by atoms with Gasteiger partial charge in [-0.2, -0.15) is 0 Å². The second-order valence-electron chi connectivity index (χ2n) is 5.56. The Morgan fingerprint density at radius 3 is 2.65 bits per heavy atom. The maximum atomic E-state index is 11.3. The number of allylic oxidation sites excluding steroid dienone is 1. The van der Waals surface area contributed by atoms with E-state index < -0.39 is 6.10 Å². The van der Waals surface area contributed by atoms with Crippen molar-refractivity contribution in [1.82, 2.24) is 0 Å². The third-order valence-electron chi connectivity index (χ3n) is 3.29. The van der Waals surface area contributed by atoms with Gasteiger partial charge in [-0.05, 0) is 38.1 Å². The lowest BCUT2D eigenvalue weighted by molar-refractivity contribution is -0.146. The minimum absolute atomic E-state index is 0.00275. The summed E-state index contributed by atoms with van der Waals surface area (Å²) in [6, 6.07) is 5.88. The molecule has 0 spiro atoms. The van der Waals surface area contributed by atoms with E-state index in [0.717, 1.165) is 5.57 Å². The van der Waals surface area contributed by atoms with E-state index in [-0.39, 0.29) is 17.5 Å². The molecule has 0 bridgehead atoms. The second-order valence-corrected chi connectivity index (χ2v) is 5.56. The highest BCUT2D eigenvalue weighted by molar-refractivity contribution is 5.68.